The molecule has 0 unspecified atom stereocenters. The van der Waals surface area contributed by atoms with E-state index in [1.807, 2.05) is 20.8 Å². The predicted molar refractivity (Wildman–Crippen MR) is 140 cm³/mol. The maximum absolute atomic E-state index is 13.9. The second kappa shape index (κ2) is 10.7. The first kappa shape index (κ1) is 28.1. The number of nitro groups is 1. The fourth-order valence-electron chi connectivity index (χ4n) is 3.70. The van der Waals surface area contributed by atoms with Gasteiger partial charge in [0.05, 0.1) is 10.3 Å². The molecule has 0 atom stereocenters. The van der Waals surface area contributed by atoms with Gasteiger partial charge in [-0.3, -0.25) is 14.9 Å². The predicted octanol–water partition coefficient (Wildman–Crippen LogP) is 7.43. The van der Waals surface area contributed by atoms with Crippen LogP contribution in [-0.4, -0.2) is 10.9 Å². The molecule has 0 saturated carbocycles. The number of non-ortho nitro benzene ring substituents is 1. The monoisotopic (exact) mass is 553 g/mol. The molecule has 0 N–H and O–H groups in total. The minimum absolute atomic E-state index is 0.0197. The standard InChI is InChI=1S/C29H22F3NO7/c1-28(2,3)18-8-10-20(11-9-18)39-26-25(35)22-13-12-21(16-23(22)40-27(26)29(30,31)32)38-24(34)14-7-17-5-4-6-19(15-17)33(36)37/h4-16H,1-3H3. The van der Waals surface area contributed by atoms with Gasteiger partial charge in [-0.2, -0.15) is 13.2 Å². The van der Waals surface area contributed by atoms with Crippen LogP contribution in [0.4, 0.5) is 18.9 Å². The molecule has 4 aromatic rings. The molecule has 1 heterocycles. The van der Waals surface area contributed by atoms with Crippen molar-refractivity contribution in [2.24, 2.45) is 0 Å². The van der Waals surface area contributed by atoms with Crippen molar-refractivity contribution in [3.05, 3.63) is 110 Å². The van der Waals surface area contributed by atoms with Gasteiger partial charge in [-0.25, -0.2) is 4.79 Å². The minimum atomic E-state index is -5.07. The van der Waals surface area contributed by atoms with Crippen LogP contribution in [0, 0.1) is 10.1 Å². The maximum atomic E-state index is 13.9. The number of benzene rings is 3. The lowest BCUT2D eigenvalue weighted by Gasteiger charge is -2.19. The van der Waals surface area contributed by atoms with Crippen molar-refractivity contribution in [3.8, 4) is 17.2 Å². The van der Waals surface area contributed by atoms with Crippen LogP contribution < -0.4 is 14.9 Å². The van der Waals surface area contributed by atoms with Crippen LogP contribution in [0.3, 0.4) is 0 Å². The zero-order valence-corrected chi connectivity index (χ0v) is 21.4. The summed E-state index contributed by atoms with van der Waals surface area (Å²) in [5, 5.41) is 10.7. The molecule has 0 saturated heterocycles. The van der Waals surface area contributed by atoms with Crippen molar-refractivity contribution in [2.45, 2.75) is 32.4 Å². The van der Waals surface area contributed by atoms with E-state index in [-0.39, 0.29) is 28.0 Å². The summed E-state index contributed by atoms with van der Waals surface area (Å²) in [7, 11) is 0. The molecule has 0 aliphatic heterocycles. The van der Waals surface area contributed by atoms with E-state index in [1.54, 1.807) is 12.1 Å². The van der Waals surface area contributed by atoms with Gasteiger partial charge in [0, 0.05) is 24.3 Å². The number of rotatable bonds is 6. The van der Waals surface area contributed by atoms with Gasteiger partial charge >= 0.3 is 12.1 Å². The zero-order valence-electron chi connectivity index (χ0n) is 21.4. The Balaban J connectivity index is 1.63. The molecule has 206 valence electrons. The van der Waals surface area contributed by atoms with Crippen molar-refractivity contribution in [2.75, 3.05) is 0 Å². The largest absolute Gasteiger partial charge is 0.453 e. The van der Waals surface area contributed by atoms with Crippen molar-refractivity contribution in [1.82, 2.24) is 0 Å². The lowest BCUT2D eigenvalue weighted by molar-refractivity contribution is -0.384. The smallest absolute Gasteiger partial charge is 0.449 e. The summed E-state index contributed by atoms with van der Waals surface area (Å²) in [5.41, 5.74) is -0.630. The molecule has 0 radical (unpaired) electrons. The number of nitro benzene ring substituents is 1. The number of nitrogens with zero attached hydrogens (tertiary/aromatic N) is 1. The number of halogens is 3. The third kappa shape index (κ3) is 6.37. The summed E-state index contributed by atoms with van der Waals surface area (Å²) in [5.74, 6) is -3.75. The van der Waals surface area contributed by atoms with Gasteiger partial charge in [-0.15, -0.1) is 0 Å². The highest BCUT2D eigenvalue weighted by Gasteiger charge is 2.40. The third-order valence-electron chi connectivity index (χ3n) is 5.73. The molecule has 0 aliphatic rings. The van der Waals surface area contributed by atoms with Gasteiger partial charge in [-0.05, 0) is 46.9 Å². The van der Waals surface area contributed by atoms with E-state index in [0.29, 0.717) is 5.56 Å². The highest BCUT2D eigenvalue weighted by atomic mass is 19.4. The maximum Gasteiger partial charge on any atom is 0.453 e. The Hall–Kier alpha value is -4.93. The summed E-state index contributed by atoms with van der Waals surface area (Å²) in [4.78, 5) is 35.6. The number of carbonyl (C=O) groups is 1. The quantitative estimate of drug-likeness (QED) is 0.0803. The number of alkyl halides is 3. The molecular formula is C29H22F3NO7. The first-order chi connectivity index (χ1) is 18.7. The Morgan fingerprint density at radius 3 is 2.27 bits per heavy atom. The lowest BCUT2D eigenvalue weighted by atomic mass is 9.87. The van der Waals surface area contributed by atoms with Crippen LogP contribution in [0.15, 0.2) is 82.0 Å². The Labute approximate surface area is 225 Å². The lowest BCUT2D eigenvalue weighted by Crippen LogP contribution is -2.16. The van der Waals surface area contributed by atoms with Gasteiger partial charge in [-0.1, -0.05) is 45.0 Å². The highest BCUT2D eigenvalue weighted by Crippen LogP contribution is 2.39. The number of hydrogen-bond donors (Lipinski definition) is 0. The minimum Gasteiger partial charge on any atom is -0.449 e. The second-order valence-corrected chi connectivity index (χ2v) is 9.73. The van der Waals surface area contributed by atoms with Crippen LogP contribution in [0.1, 0.15) is 37.7 Å². The van der Waals surface area contributed by atoms with E-state index in [4.69, 9.17) is 13.9 Å². The molecule has 3 aromatic carbocycles. The molecule has 0 spiro atoms. The van der Waals surface area contributed by atoms with E-state index in [0.717, 1.165) is 23.8 Å². The third-order valence-corrected chi connectivity index (χ3v) is 5.73. The average molecular weight is 553 g/mol. The van der Waals surface area contributed by atoms with Crippen LogP contribution in [0.25, 0.3) is 17.0 Å². The van der Waals surface area contributed by atoms with E-state index in [2.05, 4.69) is 0 Å². The summed E-state index contributed by atoms with van der Waals surface area (Å²) in [6.45, 7) is 5.92. The molecule has 40 heavy (non-hydrogen) atoms. The molecular weight excluding hydrogens is 531 g/mol. The van der Waals surface area contributed by atoms with Gasteiger partial charge in [0.15, 0.2) is 0 Å². The summed E-state index contributed by atoms with van der Waals surface area (Å²) < 4.78 is 57.2. The molecule has 8 nitrogen and oxygen atoms in total. The molecule has 0 amide bonds. The molecule has 4 rings (SSSR count). The number of carbonyl (C=O) groups excluding carboxylic acids is 1. The zero-order chi connectivity index (χ0) is 29.2. The summed E-state index contributed by atoms with van der Waals surface area (Å²) in [6.07, 6.45) is -2.81. The Kier molecular flexibility index (Phi) is 7.50. The number of ether oxygens (including phenoxy) is 2. The van der Waals surface area contributed by atoms with E-state index >= 15 is 0 Å². The van der Waals surface area contributed by atoms with Crippen LogP contribution in [0.2, 0.25) is 0 Å². The second-order valence-electron chi connectivity index (χ2n) is 9.73. The Morgan fingerprint density at radius 1 is 0.975 bits per heavy atom. The van der Waals surface area contributed by atoms with Crippen LogP contribution >= 0.6 is 0 Å². The number of fused-ring (bicyclic) bond motifs is 1. The van der Waals surface area contributed by atoms with Crippen molar-refractivity contribution in [3.63, 3.8) is 0 Å². The summed E-state index contributed by atoms with van der Waals surface area (Å²) >= 11 is 0. The summed E-state index contributed by atoms with van der Waals surface area (Å²) in [6, 6.07) is 15.2. The first-order valence-electron chi connectivity index (χ1n) is 11.8. The molecule has 0 fully saturated rings. The number of esters is 1. The van der Waals surface area contributed by atoms with E-state index < -0.39 is 39.6 Å². The van der Waals surface area contributed by atoms with Crippen molar-refractivity contribution in [1.29, 1.82) is 0 Å². The van der Waals surface area contributed by atoms with E-state index in [9.17, 15) is 32.9 Å². The average Bonchev–Trinajstić information content (AvgIpc) is 2.88. The van der Waals surface area contributed by atoms with E-state index in [1.165, 1.54) is 48.5 Å². The van der Waals surface area contributed by atoms with Gasteiger partial charge in [0.25, 0.3) is 11.4 Å². The van der Waals surface area contributed by atoms with Gasteiger partial charge < -0.3 is 13.9 Å². The van der Waals surface area contributed by atoms with Gasteiger partial charge in [0.2, 0.25) is 11.2 Å². The molecule has 0 aliphatic carbocycles. The number of hydrogen-bond acceptors (Lipinski definition) is 7. The van der Waals surface area contributed by atoms with Gasteiger partial charge in [0.1, 0.15) is 17.1 Å². The fourth-order valence-corrected chi connectivity index (χ4v) is 3.70. The highest BCUT2D eigenvalue weighted by molar-refractivity contribution is 5.89. The van der Waals surface area contributed by atoms with Crippen LogP contribution in [0.5, 0.6) is 17.2 Å². The SMILES string of the molecule is CC(C)(C)c1ccc(Oc2c(C(F)(F)F)oc3cc(OC(=O)C=Cc4cccc([N+](=O)[O-])c4)ccc3c2=O)cc1. The van der Waals surface area contributed by atoms with Crippen molar-refractivity contribution < 1.29 is 36.8 Å². The topological polar surface area (TPSA) is 109 Å². The first-order valence-corrected chi connectivity index (χ1v) is 11.8. The molecule has 1 aromatic heterocycles. The Morgan fingerprint density at radius 2 is 1.65 bits per heavy atom. The molecule has 0 bridgehead atoms. The fraction of sp³-hybridized carbons (Fsp3) is 0.172. The van der Waals surface area contributed by atoms with Crippen molar-refractivity contribution >= 4 is 28.7 Å². The molecule has 11 heteroatoms. The van der Waals surface area contributed by atoms with Crippen LogP contribution in [-0.2, 0) is 16.4 Å². The normalized spacial score (nSPS) is 12.1. The Bertz CT molecular complexity index is 1680.